The summed E-state index contributed by atoms with van der Waals surface area (Å²) >= 11 is 0. The van der Waals surface area contributed by atoms with E-state index in [2.05, 4.69) is 30.7 Å². The van der Waals surface area contributed by atoms with Crippen molar-refractivity contribution in [3.05, 3.63) is 0 Å². The second kappa shape index (κ2) is 4.87. The average Bonchev–Trinajstić information content (AvgIpc) is 2.22. The fraction of sp³-hybridized carbons (Fsp3) is 1.00. The minimum Gasteiger partial charge on any atom is -0.330 e. The monoisotopic (exact) mass is 239 g/mol. The normalized spacial score (nSPS) is 28.9. The van der Waals surface area contributed by atoms with Crippen LogP contribution in [-0.2, 0) is 0 Å². The SMILES string of the molecule is CN1CCN(CCC2(CN)CCC2)CC1(C)C. The molecule has 0 aromatic rings. The standard InChI is InChI=1S/C14H29N3/c1-13(2)12-17(10-9-16(13)3)8-7-14(11-15)5-4-6-14/h4-12,15H2,1-3H3. The van der Waals surface area contributed by atoms with Gasteiger partial charge in [0.2, 0.25) is 0 Å². The topological polar surface area (TPSA) is 32.5 Å². The molecule has 2 fully saturated rings. The number of nitrogens with zero attached hydrogens (tertiary/aromatic N) is 2. The summed E-state index contributed by atoms with van der Waals surface area (Å²) in [7, 11) is 2.24. The third-order valence-corrected chi connectivity index (χ3v) is 5.20. The Kier molecular flexibility index (Phi) is 3.81. The van der Waals surface area contributed by atoms with Crippen molar-refractivity contribution in [2.24, 2.45) is 11.1 Å². The van der Waals surface area contributed by atoms with Gasteiger partial charge in [0.15, 0.2) is 0 Å². The smallest absolute Gasteiger partial charge is 0.0277 e. The first kappa shape index (κ1) is 13.3. The van der Waals surface area contributed by atoms with Crippen LogP contribution in [0.4, 0.5) is 0 Å². The third kappa shape index (κ3) is 2.83. The molecule has 1 heterocycles. The Labute approximate surface area is 106 Å². The second-order valence-corrected chi connectivity index (χ2v) is 6.82. The maximum absolute atomic E-state index is 5.93. The molecule has 0 spiro atoms. The molecule has 1 aliphatic heterocycles. The molecule has 3 nitrogen and oxygen atoms in total. The molecule has 0 atom stereocenters. The van der Waals surface area contributed by atoms with Crippen LogP contribution in [0.3, 0.4) is 0 Å². The van der Waals surface area contributed by atoms with E-state index in [0.717, 1.165) is 6.54 Å². The number of likely N-dealkylation sites (N-methyl/N-ethyl adjacent to an activating group) is 1. The number of nitrogens with two attached hydrogens (primary N) is 1. The van der Waals surface area contributed by atoms with Crippen molar-refractivity contribution in [1.82, 2.24) is 9.80 Å². The van der Waals surface area contributed by atoms with E-state index in [4.69, 9.17) is 5.73 Å². The summed E-state index contributed by atoms with van der Waals surface area (Å²) in [5.74, 6) is 0. The minimum atomic E-state index is 0.327. The molecule has 2 aliphatic rings. The number of hydrogen-bond acceptors (Lipinski definition) is 3. The lowest BCUT2D eigenvalue weighted by molar-refractivity contribution is 0.0240. The van der Waals surface area contributed by atoms with E-state index in [1.54, 1.807) is 0 Å². The van der Waals surface area contributed by atoms with Crippen molar-refractivity contribution in [2.45, 2.75) is 45.1 Å². The first-order valence-electron chi connectivity index (χ1n) is 7.11. The molecule has 100 valence electrons. The van der Waals surface area contributed by atoms with Gasteiger partial charge >= 0.3 is 0 Å². The number of hydrogen-bond donors (Lipinski definition) is 1. The molecule has 3 heteroatoms. The van der Waals surface area contributed by atoms with Gasteiger partial charge in [-0.05, 0) is 58.7 Å². The summed E-state index contributed by atoms with van der Waals surface area (Å²) in [6.45, 7) is 10.5. The highest BCUT2D eigenvalue weighted by atomic mass is 15.3. The zero-order valence-corrected chi connectivity index (χ0v) is 11.8. The Morgan fingerprint density at radius 1 is 1.18 bits per heavy atom. The molecule has 1 aliphatic carbocycles. The van der Waals surface area contributed by atoms with E-state index < -0.39 is 0 Å². The van der Waals surface area contributed by atoms with Gasteiger partial charge in [-0.2, -0.15) is 0 Å². The fourth-order valence-corrected chi connectivity index (χ4v) is 3.16. The van der Waals surface area contributed by atoms with Crippen LogP contribution in [0.5, 0.6) is 0 Å². The number of piperazine rings is 1. The van der Waals surface area contributed by atoms with E-state index >= 15 is 0 Å². The maximum Gasteiger partial charge on any atom is 0.0277 e. The predicted octanol–water partition coefficient (Wildman–Crippen LogP) is 1.53. The first-order valence-corrected chi connectivity index (χ1v) is 7.11. The summed E-state index contributed by atoms with van der Waals surface area (Å²) in [6, 6.07) is 0. The fourth-order valence-electron chi connectivity index (χ4n) is 3.16. The van der Waals surface area contributed by atoms with Gasteiger partial charge in [-0.25, -0.2) is 0 Å². The summed E-state index contributed by atoms with van der Waals surface area (Å²) < 4.78 is 0. The number of rotatable bonds is 4. The van der Waals surface area contributed by atoms with Gasteiger partial charge in [0, 0.05) is 25.2 Å². The van der Waals surface area contributed by atoms with Gasteiger partial charge in [0.25, 0.3) is 0 Å². The lowest BCUT2D eigenvalue weighted by atomic mass is 9.66. The molecule has 2 rings (SSSR count). The maximum atomic E-state index is 5.93. The second-order valence-electron chi connectivity index (χ2n) is 6.82. The van der Waals surface area contributed by atoms with Crippen LogP contribution in [0.1, 0.15) is 39.5 Å². The lowest BCUT2D eigenvalue weighted by Gasteiger charge is -2.47. The van der Waals surface area contributed by atoms with Crippen LogP contribution in [-0.4, -0.2) is 55.1 Å². The highest BCUT2D eigenvalue weighted by Gasteiger charge is 2.37. The van der Waals surface area contributed by atoms with Crippen molar-refractivity contribution in [3.8, 4) is 0 Å². The van der Waals surface area contributed by atoms with Gasteiger partial charge in [-0.15, -0.1) is 0 Å². The molecular weight excluding hydrogens is 210 g/mol. The van der Waals surface area contributed by atoms with Crippen LogP contribution in [0.2, 0.25) is 0 Å². The Morgan fingerprint density at radius 3 is 2.35 bits per heavy atom. The Balaban J connectivity index is 1.80. The van der Waals surface area contributed by atoms with E-state index in [1.165, 1.54) is 51.9 Å². The lowest BCUT2D eigenvalue weighted by Crippen LogP contribution is -2.58. The Morgan fingerprint density at radius 2 is 1.88 bits per heavy atom. The molecule has 2 N–H and O–H groups in total. The predicted molar refractivity (Wildman–Crippen MR) is 73.1 cm³/mol. The quantitative estimate of drug-likeness (QED) is 0.807. The summed E-state index contributed by atoms with van der Waals surface area (Å²) in [5.41, 5.74) is 6.77. The molecule has 0 radical (unpaired) electrons. The molecule has 0 bridgehead atoms. The summed E-state index contributed by atoms with van der Waals surface area (Å²) in [4.78, 5) is 5.11. The van der Waals surface area contributed by atoms with Gasteiger partial charge < -0.3 is 10.6 Å². The van der Waals surface area contributed by atoms with E-state index in [1.807, 2.05) is 0 Å². The zero-order valence-electron chi connectivity index (χ0n) is 11.8. The Bertz CT molecular complexity index is 253. The highest BCUT2D eigenvalue weighted by Crippen LogP contribution is 2.43. The molecule has 0 aromatic heterocycles. The van der Waals surface area contributed by atoms with Crippen LogP contribution < -0.4 is 5.73 Å². The largest absolute Gasteiger partial charge is 0.330 e. The van der Waals surface area contributed by atoms with Crippen molar-refractivity contribution < 1.29 is 0 Å². The van der Waals surface area contributed by atoms with Crippen LogP contribution in [0, 0.1) is 5.41 Å². The van der Waals surface area contributed by atoms with Gasteiger partial charge in [0.05, 0.1) is 0 Å². The molecular formula is C14H29N3. The average molecular weight is 239 g/mol. The molecule has 1 saturated carbocycles. The van der Waals surface area contributed by atoms with Crippen molar-refractivity contribution in [1.29, 1.82) is 0 Å². The molecule has 0 aromatic carbocycles. The van der Waals surface area contributed by atoms with E-state index in [9.17, 15) is 0 Å². The van der Waals surface area contributed by atoms with Crippen LogP contribution >= 0.6 is 0 Å². The van der Waals surface area contributed by atoms with Gasteiger partial charge in [0.1, 0.15) is 0 Å². The van der Waals surface area contributed by atoms with Gasteiger partial charge in [-0.3, -0.25) is 4.90 Å². The molecule has 0 amide bonds. The van der Waals surface area contributed by atoms with Crippen LogP contribution in [0.15, 0.2) is 0 Å². The first-order chi connectivity index (χ1) is 7.97. The molecule has 17 heavy (non-hydrogen) atoms. The third-order valence-electron chi connectivity index (χ3n) is 5.20. The van der Waals surface area contributed by atoms with Crippen molar-refractivity contribution in [3.63, 3.8) is 0 Å². The molecule has 1 saturated heterocycles. The summed E-state index contributed by atoms with van der Waals surface area (Å²) in [5, 5.41) is 0. The van der Waals surface area contributed by atoms with Crippen molar-refractivity contribution >= 4 is 0 Å². The molecule has 0 unspecified atom stereocenters. The summed E-state index contributed by atoms with van der Waals surface area (Å²) in [6.07, 6.45) is 5.43. The van der Waals surface area contributed by atoms with Crippen molar-refractivity contribution in [2.75, 3.05) is 39.8 Å². The van der Waals surface area contributed by atoms with E-state index in [-0.39, 0.29) is 0 Å². The van der Waals surface area contributed by atoms with Gasteiger partial charge in [-0.1, -0.05) is 6.42 Å². The zero-order chi connectivity index (χ0) is 12.5. The van der Waals surface area contributed by atoms with E-state index in [0.29, 0.717) is 11.0 Å². The highest BCUT2D eigenvalue weighted by molar-refractivity contribution is 4.92. The van der Waals surface area contributed by atoms with Crippen LogP contribution in [0.25, 0.3) is 0 Å². The Hall–Kier alpha value is -0.120. The minimum absolute atomic E-state index is 0.327.